The maximum Gasteiger partial charge on any atom is 0.134 e. The molecule has 2 heterocycles. The highest BCUT2D eigenvalue weighted by molar-refractivity contribution is 9.10. The zero-order valence-corrected chi connectivity index (χ0v) is 12.9. The summed E-state index contributed by atoms with van der Waals surface area (Å²) in [6, 6.07) is 6.60. The number of halogens is 1. The van der Waals surface area contributed by atoms with Crippen LogP contribution in [0.15, 0.2) is 22.7 Å². The van der Waals surface area contributed by atoms with Crippen molar-refractivity contribution in [2.75, 3.05) is 33.2 Å². The molecule has 0 unspecified atom stereocenters. The Morgan fingerprint density at radius 1 is 1.26 bits per heavy atom. The van der Waals surface area contributed by atoms with Gasteiger partial charge in [-0.15, -0.1) is 0 Å². The Morgan fingerprint density at radius 2 is 2.00 bits per heavy atom. The Bertz CT molecular complexity index is 440. The Morgan fingerprint density at radius 3 is 2.63 bits per heavy atom. The fourth-order valence-electron chi connectivity index (χ4n) is 2.92. The first kappa shape index (κ1) is 13.4. The van der Waals surface area contributed by atoms with E-state index in [0.29, 0.717) is 12.0 Å². The van der Waals surface area contributed by atoms with Gasteiger partial charge in [0.1, 0.15) is 11.9 Å². The molecule has 0 saturated carbocycles. The SMILES string of the molecule is CN1CC(Oc2ccc(C3CCNCC3)cc2Br)C1. The molecule has 0 aromatic heterocycles. The number of rotatable bonds is 3. The number of nitrogens with one attached hydrogen (secondary N) is 1. The smallest absolute Gasteiger partial charge is 0.134 e. The van der Waals surface area contributed by atoms with E-state index in [-0.39, 0.29) is 0 Å². The van der Waals surface area contributed by atoms with Crippen molar-refractivity contribution >= 4 is 15.9 Å². The molecule has 2 aliphatic rings. The van der Waals surface area contributed by atoms with Crippen LogP contribution in [0, 0.1) is 0 Å². The van der Waals surface area contributed by atoms with Crippen LogP contribution in [0.5, 0.6) is 5.75 Å². The summed E-state index contributed by atoms with van der Waals surface area (Å²) in [6.07, 6.45) is 2.83. The Hall–Kier alpha value is -0.580. The van der Waals surface area contributed by atoms with Crippen molar-refractivity contribution in [1.29, 1.82) is 0 Å². The molecule has 1 N–H and O–H groups in total. The van der Waals surface area contributed by atoms with E-state index < -0.39 is 0 Å². The van der Waals surface area contributed by atoms with Crippen LogP contribution in [-0.2, 0) is 0 Å². The van der Waals surface area contributed by atoms with Crippen molar-refractivity contribution in [2.24, 2.45) is 0 Å². The molecule has 0 amide bonds. The summed E-state index contributed by atoms with van der Waals surface area (Å²) in [4.78, 5) is 2.27. The van der Waals surface area contributed by atoms with Crippen LogP contribution >= 0.6 is 15.9 Å². The van der Waals surface area contributed by atoms with Crippen LogP contribution in [0.25, 0.3) is 0 Å². The highest BCUT2D eigenvalue weighted by Gasteiger charge is 2.25. The molecule has 1 aromatic carbocycles. The second kappa shape index (κ2) is 5.81. The van der Waals surface area contributed by atoms with Gasteiger partial charge < -0.3 is 10.1 Å². The summed E-state index contributed by atoms with van der Waals surface area (Å²) in [7, 11) is 2.12. The molecule has 2 aliphatic heterocycles. The average Bonchev–Trinajstić information content (AvgIpc) is 2.40. The number of piperidine rings is 1. The lowest BCUT2D eigenvalue weighted by Crippen LogP contribution is -2.51. The molecule has 0 bridgehead atoms. The van der Waals surface area contributed by atoms with E-state index >= 15 is 0 Å². The molecule has 3 rings (SSSR count). The van der Waals surface area contributed by atoms with E-state index in [1.807, 2.05) is 0 Å². The minimum atomic E-state index is 0.353. The maximum atomic E-state index is 5.99. The van der Waals surface area contributed by atoms with Crippen LogP contribution in [-0.4, -0.2) is 44.2 Å². The normalized spacial score (nSPS) is 22.2. The number of hydrogen-bond donors (Lipinski definition) is 1. The number of likely N-dealkylation sites (tertiary alicyclic amines) is 1. The summed E-state index contributed by atoms with van der Waals surface area (Å²) in [5.74, 6) is 1.68. The van der Waals surface area contributed by atoms with Gasteiger partial charge in [-0.05, 0) is 72.5 Å². The highest BCUT2D eigenvalue weighted by atomic mass is 79.9. The first-order valence-electron chi connectivity index (χ1n) is 7.08. The third-order valence-corrected chi connectivity index (χ3v) is 4.71. The minimum Gasteiger partial charge on any atom is -0.487 e. The molecule has 2 saturated heterocycles. The van der Waals surface area contributed by atoms with E-state index in [2.05, 4.69) is 51.4 Å². The van der Waals surface area contributed by atoms with Gasteiger partial charge in [-0.25, -0.2) is 0 Å². The van der Waals surface area contributed by atoms with Crippen LogP contribution in [0.4, 0.5) is 0 Å². The zero-order chi connectivity index (χ0) is 13.2. The molecule has 2 fully saturated rings. The van der Waals surface area contributed by atoms with E-state index in [1.165, 1.54) is 18.4 Å². The molecule has 0 spiro atoms. The molecular formula is C15H21BrN2O. The van der Waals surface area contributed by atoms with Gasteiger partial charge in [0.05, 0.1) is 4.47 Å². The monoisotopic (exact) mass is 324 g/mol. The molecule has 0 atom stereocenters. The molecule has 4 heteroatoms. The topological polar surface area (TPSA) is 24.5 Å². The number of nitrogens with zero attached hydrogens (tertiary/aromatic N) is 1. The largest absolute Gasteiger partial charge is 0.487 e. The van der Waals surface area contributed by atoms with E-state index in [1.54, 1.807) is 0 Å². The summed E-state index contributed by atoms with van der Waals surface area (Å²) in [6.45, 7) is 4.33. The second-order valence-corrected chi connectivity index (χ2v) is 6.53. The van der Waals surface area contributed by atoms with Gasteiger partial charge in [0.2, 0.25) is 0 Å². The number of ether oxygens (including phenoxy) is 1. The molecule has 0 aliphatic carbocycles. The fraction of sp³-hybridized carbons (Fsp3) is 0.600. The first-order valence-corrected chi connectivity index (χ1v) is 7.87. The molecule has 3 nitrogen and oxygen atoms in total. The van der Waals surface area contributed by atoms with Crippen molar-refractivity contribution in [3.63, 3.8) is 0 Å². The summed E-state index contributed by atoms with van der Waals surface area (Å²) in [5.41, 5.74) is 1.44. The Labute approximate surface area is 123 Å². The quantitative estimate of drug-likeness (QED) is 0.925. The predicted octanol–water partition coefficient (Wildman–Crippen LogP) is 2.61. The van der Waals surface area contributed by atoms with Crippen LogP contribution in [0.1, 0.15) is 24.3 Å². The molecule has 0 radical (unpaired) electrons. The summed E-state index contributed by atoms with van der Waals surface area (Å²) < 4.78 is 7.09. The highest BCUT2D eigenvalue weighted by Crippen LogP contribution is 2.33. The van der Waals surface area contributed by atoms with Gasteiger partial charge >= 0.3 is 0 Å². The van der Waals surface area contributed by atoms with Crippen molar-refractivity contribution in [2.45, 2.75) is 24.9 Å². The lowest BCUT2D eigenvalue weighted by molar-refractivity contribution is 0.0383. The third kappa shape index (κ3) is 3.12. The fourth-order valence-corrected chi connectivity index (χ4v) is 3.41. The minimum absolute atomic E-state index is 0.353. The van der Waals surface area contributed by atoms with Crippen molar-refractivity contribution in [1.82, 2.24) is 10.2 Å². The molecule has 19 heavy (non-hydrogen) atoms. The van der Waals surface area contributed by atoms with Crippen LogP contribution in [0.3, 0.4) is 0 Å². The van der Waals surface area contributed by atoms with Gasteiger partial charge in [0.25, 0.3) is 0 Å². The van der Waals surface area contributed by atoms with Gasteiger partial charge in [-0.3, -0.25) is 4.90 Å². The van der Waals surface area contributed by atoms with Gasteiger partial charge in [-0.2, -0.15) is 0 Å². The Balaban J connectivity index is 1.66. The predicted molar refractivity (Wildman–Crippen MR) is 80.9 cm³/mol. The van der Waals surface area contributed by atoms with E-state index in [0.717, 1.165) is 36.4 Å². The summed E-state index contributed by atoms with van der Waals surface area (Å²) >= 11 is 3.66. The van der Waals surface area contributed by atoms with Crippen molar-refractivity contribution in [3.05, 3.63) is 28.2 Å². The first-order chi connectivity index (χ1) is 9.22. The molecule has 104 valence electrons. The van der Waals surface area contributed by atoms with Gasteiger partial charge in [0.15, 0.2) is 0 Å². The number of hydrogen-bond acceptors (Lipinski definition) is 3. The average molecular weight is 325 g/mol. The summed E-state index contributed by atoms with van der Waals surface area (Å²) in [5, 5.41) is 3.41. The zero-order valence-electron chi connectivity index (χ0n) is 11.4. The molecular weight excluding hydrogens is 304 g/mol. The third-order valence-electron chi connectivity index (χ3n) is 4.09. The number of benzene rings is 1. The Kier molecular flexibility index (Phi) is 4.10. The second-order valence-electron chi connectivity index (χ2n) is 5.68. The maximum absolute atomic E-state index is 5.99. The van der Waals surface area contributed by atoms with Crippen molar-refractivity contribution in [3.8, 4) is 5.75 Å². The number of likely N-dealkylation sites (N-methyl/N-ethyl adjacent to an activating group) is 1. The molecule has 1 aromatic rings. The van der Waals surface area contributed by atoms with E-state index in [9.17, 15) is 0 Å². The standard InChI is InChI=1S/C15H21BrN2O/c1-18-9-13(10-18)19-15-3-2-12(8-14(15)16)11-4-6-17-7-5-11/h2-3,8,11,13,17H,4-7,9-10H2,1H3. The lowest BCUT2D eigenvalue weighted by Gasteiger charge is -2.36. The van der Waals surface area contributed by atoms with Crippen LogP contribution < -0.4 is 10.1 Å². The van der Waals surface area contributed by atoms with Crippen LogP contribution in [0.2, 0.25) is 0 Å². The lowest BCUT2D eigenvalue weighted by atomic mass is 9.90. The van der Waals surface area contributed by atoms with Gasteiger partial charge in [-0.1, -0.05) is 6.07 Å². The van der Waals surface area contributed by atoms with Crippen molar-refractivity contribution < 1.29 is 4.74 Å². The van der Waals surface area contributed by atoms with E-state index in [4.69, 9.17) is 4.74 Å². The van der Waals surface area contributed by atoms with Gasteiger partial charge in [0, 0.05) is 13.1 Å².